The molecule has 0 spiro atoms. The molecule has 2 fully saturated rings. The van der Waals surface area contributed by atoms with Crippen molar-refractivity contribution < 1.29 is 0 Å². The van der Waals surface area contributed by atoms with E-state index in [4.69, 9.17) is 0 Å². The van der Waals surface area contributed by atoms with E-state index in [1.54, 1.807) is 0 Å². The van der Waals surface area contributed by atoms with E-state index in [2.05, 4.69) is 27.7 Å². The second kappa shape index (κ2) is 3.60. The Morgan fingerprint density at radius 3 is 0.909 bits per heavy atom. The van der Waals surface area contributed by atoms with Gasteiger partial charge in [0.2, 0.25) is 0 Å². The first-order valence-electron chi connectivity index (χ1n) is 5.09. The lowest BCUT2D eigenvalue weighted by Gasteiger charge is -2.28. The van der Waals surface area contributed by atoms with Gasteiger partial charge in [-0.2, -0.15) is 0 Å². The highest BCUT2D eigenvalue weighted by atomic mass is 14.3. The van der Waals surface area contributed by atoms with E-state index in [1.807, 2.05) is 0 Å². The molecule has 0 radical (unpaired) electrons. The first-order valence-corrected chi connectivity index (χ1v) is 5.09. The third kappa shape index (κ3) is 3.27. The molecule has 2 saturated carbocycles. The molecule has 2 unspecified atom stereocenters. The average molecular weight is 154 g/mol. The topological polar surface area (TPSA) is 0 Å². The molecule has 0 aromatic heterocycles. The average Bonchev–Trinajstić information content (AvgIpc) is 2.44. The van der Waals surface area contributed by atoms with Crippen LogP contribution >= 0.6 is 0 Å². The minimum absolute atomic E-state index is 1.04. The second-order valence-corrected chi connectivity index (χ2v) is 4.87. The molecule has 2 aliphatic rings. The molecule has 0 heteroatoms. The van der Waals surface area contributed by atoms with Gasteiger partial charge >= 0.3 is 0 Å². The molecule has 0 aromatic rings. The van der Waals surface area contributed by atoms with Crippen LogP contribution in [0.5, 0.6) is 0 Å². The summed E-state index contributed by atoms with van der Waals surface area (Å²) in [5.74, 6) is 4.19. The van der Waals surface area contributed by atoms with Crippen molar-refractivity contribution in [3.05, 3.63) is 0 Å². The lowest BCUT2D eigenvalue weighted by Crippen LogP contribution is -2.16. The Hall–Kier alpha value is 0. The quantitative estimate of drug-likeness (QED) is 0.499. The van der Waals surface area contributed by atoms with Crippen LogP contribution in [0.4, 0.5) is 0 Å². The Kier molecular flexibility index (Phi) is 2.98. The van der Waals surface area contributed by atoms with Crippen LogP contribution < -0.4 is 0 Å². The van der Waals surface area contributed by atoms with E-state index in [0.717, 1.165) is 23.7 Å². The van der Waals surface area contributed by atoms with Gasteiger partial charge in [-0.1, -0.05) is 27.7 Å². The molecule has 2 atom stereocenters. The predicted octanol–water partition coefficient (Wildman–Crippen LogP) is 3.71. The maximum absolute atomic E-state index is 2.32. The number of hydrogen-bond acceptors (Lipinski definition) is 0. The monoisotopic (exact) mass is 154 g/mol. The summed E-state index contributed by atoms with van der Waals surface area (Å²) in [6.45, 7) is 9.23. The zero-order chi connectivity index (χ0) is 8.43. The molecule has 0 bridgehead atoms. The largest absolute Gasteiger partial charge is 0.0625 e. The SMILES string of the molecule is CC1CC(C)C1.CC1CC1C. The van der Waals surface area contributed by atoms with Crippen LogP contribution in [0, 0.1) is 23.7 Å². The molecule has 2 rings (SSSR count). The van der Waals surface area contributed by atoms with Crippen molar-refractivity contribution in [2.45, 2.75) is 47.0 Å². The van der Waals surface area contributed by atoms with Gasteiger partial charge in [0.25, 0.3) is 0 Å². The lowest BCUT2D eigenvalue weighted by atomic mass is 9.78. The van der Waals surface area contributed by atoms with Crippen LogP contribution in [0.3, 0.4) is 0 Å². The summed E-state index contributed by atoms with van der Waals surface area (Å²) in [5, 5.41) is 0. The van der Waals surface area contributed by atoms with Gasteiger partial charge in [-0.05, 0) is 42.9 Å². The fraction of sp³-hybridized carbons (Fsp3) is 1.00. The summed E-state index contributed by atoms with van der Waals surface area (Å²) in [6.07, 6.45) is 4.42. The van der Waals surface area contributed by atoms with Crippen molar-refractivity contribution in [3.63, 3.8) is 0 Å². The number of hydrogen-bond donors (Lipinski definition) is 0. The minimum Gasteiger partial charge on any atom is -0.0625 e. The van der Waals surface area contributed by atoms with Crippen molar-refractivity contribution >= 4 is 0 Å². The summed E-state index contributed by atoms with van der Waals surface area (Å²) >= 11 is 0. The molecule has 0 heterocycles. The Morgan fingerprint density at radius 1 is 0.636 bits per heavy atom. The molecule has 0 aliphatic heterocycles. The molecule has 0 amide bonds. The fourth-order valence-corrected chi connectivity index (χ4v) is 1.81. The van der Waals surface area contributed by atoms with Crippen molar-refractivity contribution in [1.82, 2.24) is 0 Å². The van der Waals surface area contributed by atoms with Gasteiger partial charge < -0.3 is 0 Å². The van der Waals surface area contributed by atoms with Gasteiger partial charge in [0, 0.05) is 0 Å². The van der Waals surface area contributed by atoms with Crippen molar-refractivity contribution in [1.29, 1.82) is 0 Å². The van der Waals surface area contributed by atoms with Gasteiger partial charge in [-0.15, -0.1) is 0 Å². The Balaban J connectivity index is 0.000000112. The lowest BCUT2D eigenvalue weighted by molar-refractivity contribution is 0.233. The van der Waals surface area contributed by atoms with Gasteiger partial charge in [0.1, 0.15) is 0 Å². The molecule has 2 aliphatic carbocycles. The van der Waals surface area contributed by atoms with Crippen LogP contribution in [-0.4, -0.2) is 0 Å². The zero-order valence-corrected chi connectivity index (χ0v) is 8.43. The highest BCUT2D eigenvalue weighted by Crippen LogP contribution is 2.36. The molecular weight excluding hydrogens is 132 g/mol. The molecule has 0 aromatic carbocycles. The summed E-state index contributed by atoms with van der Waals surface area (Å²) in [7, 11) is 0. The number of rotatable bonds is 0. The predicted molar refractivity (Wildman–Crippen MR) is 50.5 cm³/mol. The van der Waals surface area contributed by atoms with Gasteiger partial charge in [0.05, 0.1) is 0 Å². The highest BCUT2D eigenvalue weighted by Gasteiger charge is 2.26. The van der Waals surface area contributed by atoms with Gasteiger partial charge in [0.15, 0.2) is 0 Å². The van der Waals surface area contributed by atoms with Crippen molar-refractivity contribution in [2.75, 3.05) is 0 Å². The van der Waals surface area contributed by atoms with E-state index >= 15 is 0 Å². The van der Waals surface area contributed by atoms with E-state index in [-0.39, 0.29) is 0 Å². The van der Waals surface area contributed by atoms with Crippen LogP contribution in [0.2, 0.25) is 0 Å². The van der Waals surface area contributed by atoms with Crippen molar-refractivity contribution in [3.8, 4) is 0 Å². The van der Waals surface area contributed by atoms with Gasteiger partial charge in [-0.3, -0.25) is 0 Å². The third-order valence-electron chi connectivity index (χ3n) is 3.12. The Bertz CT molecular complexity index is 99.2. The maximum atomic E-state index is 2.32. The van der Waals surface area contributed by atoms with E-state index in [9.17, 15) is 0 Å². The van der Waals surface area contributed by atoms with Crippen LogP contribution in [0.15, 0.2) is 0 Å². The second-order valence-electron chi connectivity index (χ2n) is 4.87. The summed E-state index contributed by atoms with van der Waals surface area (Å²) in [6, 6.07) is 0. The summed E-state index contributed by atoms with van der Waals surface area (Å²) in [5.41, 5.74) is 0. The van der Waals surface area contributed by atoms with Gasteiger partial charge in [-0.25, -0.2) is 0 Å². The van der Waals surface area contributed by atoms with Crippen molar-refractivity contribution in [2.24, 2.45) is 23.7 Å². The van der Waals surface area contributed by atoms with Crippen LogP contribution in [0.25, 0.3) is 0 Å². The molecule has 66 valence electrons. The van der Waals surface area contributed by atoms with E-state index < -0.39 is 0 Å². The first kappa shape index (κ1) is 9.09. The minimum atomic E-state index is 1.04. The normalized spacial score (nSPS) is 46.9. The smallest absolute Gasteiger partial charge is 0.0414 e. The Morgan fingerprint density at radius 2 is 0.909 bits per heavy atom. The fourth-order valence-electron chi connectivity index (χ4n) is 1.81. The molecule has 11 heavy (non-hydrogen) atoms. The standard InChI is InChI=1S/C6H12.C5H10/c1-5-3-6(2)4-5;1-4-3-5(4)2/h5-6H,3-4H2,1-2H3;4-5H,3H2,1-2H3. The summed E-state index contributed by atoms with van der Waals surface area (Å²) < 4.78 is 0. The molecule has 0 nitrogen and oxygen atoms in total. The molecular formula is C11H22. The summed E-state index contributed by atoms with van der Waals surface area (Å²) in [4.78, 5) is 0. The highest BCUT2D eigenvalue weighted by molar-refractivity contribution is 4.76. The van der Waals surface area contributed by atoms with E-state index in [0.29, 0.717) is 0 Å². The first-order chi connectivity index (χ1) is 5.09. The molecule has 0 saturated heterocycles. The van der Waals surface area contributed by atoms with Crippen LogP contribution in [-0.2, 0) is 0 Å². The third-order valence-corrected chi connectivity index (χ3v) is 3.12. The van der Waals surface area contributed by atoms with E-state index in [1.165, 1.54) is 19.3 Å². The van der Waals surface area contributed by atoms with Crippen LogP contribution in [0.1, 0.15) is 47.0 Å². The molecule has 0 N–H and O–H groups in total. The Labute approximate surface area is 71.4 Å². The maximum Gasteiger partial charge on any atom is -0.0414 e. The zero-order valence-electron chi connectivity index (χ0n) is 8.43.